The molecule has 0 spiro atoms. The molecule has 1 unspecified atom stereocenters. The van der Waals surface area contributed by atoms with Crippen molar-refractivity contribution in [1.29, 1.82) is 0 Å². The van der Waals surface area contributed by atoms with E-state index in [9.17, 15) is 0 Å². The predicted molar refractivity (Wildman–Crippen MR) is 75.5 cm³/mol. The molecule has 0 aliphatic carbocycles. The third kappa shape index (κ3) is 3.17. The smallest absolute Gasteiger partial charge is 0.0833 e. The van der Waals surface area contributed by atoms with Gasteiger partial charge in [0.2, 0.25) is 0 Å². The number of nitrogens with one attached hydrogen (secondary N) is 1. The molecule has 1 N–H and O–H groups in total. The Morgan fingerprint density at radius 1 is 1.39 bits per heavy atom. The summed E-state index contributed by atoms with van der Waals surface area (Å²) in [6.45, 7) is 0.916. The number of hydrogen-bond donors (Lipinski definition) is 1. The number of nitrogens with zero attached hydrogens (tertiary/aromatic N) is 3. The molecule has 0 bridgehead atoms. The first-order valence-electron chi connectivity index (χ1n) is 5.95. The summed E-state index contributed by atoms with van der Waals surface area (Å²) in [5, 5.41) is 11.4. The maximum absolute atomic E-state index is 4.16. The maximum atomic E-state index is 4.16. The number of likely N-dealkylation sites (N-methyl/N-ethyl adjacent to an activating group) is 1. The van der Waals surface area contributed by atoms with Crippen LogP contribution in [0.4, 0.5) is 0 Å². The molecule has 0 saturated carbocycles. The van der Waals surface area contributed by atoms with Crippen LogP contribution in [-0.4, -0.2) is 28.6 Å². The molecule has 2 rings (SSSR count). The van der Waals surface area contributed by atoms with Crippen LogP contribution >= 0.6 is 15.9 Å². The highest BCUT2D eigenvalue weighted by molar-refractivity contribution is 9.10. The van der Waals surface area contributed by atoms with E-state index in [4.69, 9.17) is 0 Å². The van der Waals surface area contributed by atoms with Gasteiger partial charge in [0, 0.05) is 36.6 Å². The van der Waals surface area contributed by atoms with E-state index in [2.05, 4.69) is 49.8 Å². The van der Waals surface area contributed by atoms with Gasteiger partial charge < -0.3 is 5.32 Å². The third-order valence-electron chi connectivity index (χ3n) is 2.90. The van der Waals surface area contributed by atoms with Crippen LogP contribution in [-0.2, 0) is 13.5 Å². The van der Waals surface area contributed by atoms with Gasteiger partial charge >= 0.3 is 0 Å². The molecule has 0 fully saturated rings. The lowest BCUT2D eigenvalue weighted by atomic mass is 9.94. The maximum Gasteiger partial charge on any atom is 0.0833 e. The zero-order valence-electron chi connectivity index (χ0n) is 10.6. The van der Waals surface area contributed by atoms with E-state index in [1.54, 1.807) is 4.68 Å². The Balaban J connectivity index is 2.20. The molecule has 5 heteroatoms. The van der Waals surface area contributed by atoms with Gasteiger partial charge in [-0.2, -0.15) is 0 Å². The number of aryl methyl sites for hydroxylation is 1. The first-order valence-corrected chi connectivity index (χ1v) is 6.74. The van der Waals surface area contributed by atoms with Crippen LogP contribution in [0.25, 0.3) is 0 Å². The van der Waals surface area contributed by atoms with E-state index in [0.29, 0.717) is 5.92 Å². The molecule has 2 aromatic rings. The normalized spacial score (nSPS) is 12.6. The number of aromatic nitrogens is 3. The van der Waals surface area contributed by atoms with Gasteiger partial charge in [-0.3, -0.25) is 4.68 Å². The summed E-state index contributed by atoms with van der Waals surface area (Å²) < 4.78 is 2.89. The van der Waals surface area contributed by atoms with E-state index in [1.807, 2.05) is 26.4 Å². The summed E-state index contributed by atoms with van der Waals surface area (Å²) in [6, 6.07) is 8.34. The number of halogens is 1. The average Bonchev–Trinajstić information content (AvgIpc) is 2.75. The standard InChI is InChI=1S/C13H17BrN4/c1-15-8-10(7-11-9-18(2)17-16-11)12-5-3-4-6-13(12)14/h3-6,9-10,15H,7-8H2,1-2H3. The molecule has 1 aromatic heterocycles. The Kier molecular flexibility index (Phi) is 4.49. The fourth-order valence-corrected chi connectivity index (χ4v) is 2.69. The van der Waals surface area contributed by atoms with Gasteiger partial charge in [0.1, 0.15) is 0 Å². The van der Waals surface area contributed by atoms with E-state index in [1.165, 1.54) is 5.56 Å². The Morgan fingerprint density at radius 3 is 2.78 bits per heavy atom. The first-order chi connectivity index (χ1) is 8.70. The van der Waals surface area contributed by atoms with Crippen molar-refractivity contribution in [3.8, 4) is 0 Å². The van der Waals surface area contributed by atoms with Gasteiger partial charge in [0.15, 0.2) is 0 Å². The van der Waals surface area contributed by atoms with Crippen molar-refractivity contribution in [3.63, 3.8) is 0 Å². The Hall–Kier alpha value is -1.20. The van der Waals surface area contributed by atoms with Crippen LogP contribution in [0, 0.1) is 0 Å². The molecule has 1 atom stereocenters. The lowest BCUT2D eigenvalue weighted by Gasteiger charge is -2.17. The molecular formula is C13H17BrN4. The van der Waals surface area contributed by atoms with Gasteiger partial charge in [-0.15, -0.1) is 5.10 Å². The van der Waals surface area contributed by atoms with Crippen LogP contribution in [0.15, 0.2) is 34.9 Å². The van der Waals surface area contributed by atoms with Crippen LogP contribution in [0.5, 0.6) is 0 Å². The summed E-state index contributed by atoms with van der Waals surface area (Å²) in [5.41, 5.74) is 2.33. The van der Waals surface area contributed by atoms with Crippen molar-refractivity contribution in [2.45, 2.75) is 12.3 Å². The summed E-state index contributed by atoms with van der Waals surface area (Å²) in [7, 11) is 3.86. The average molecular weight is 309 g/mol. The van der Waals surface area contributed by atoms with Gasteiger partial charge in [0.05, 0.1) is 5.69 Å². The number of rotatable bonds is 5. The highest BCUT2D eigenvalue weighted by atomic mass is 79.9. The van der Waals surface area contributed by atoms with Crippen LogP contribution in [0.2, 0.25) is 0 Å². The van der Waals surface area contributed by atoms with E-state index >= 15 is 0 Å². The van der Waals surface area contributed by atoms with Crippen molar-refractivity contribution in [3.05, 3.63) is 46.2 Å². The zero-order valence-corrected chi connectivity index (χ0v) is 12.2. The Labute approximate surface area is 116 Å². The largest absolute Gasteiger partial charge is 0.319 e. The van der Waals surface area contributed by atoms with Gasteiger partial charge in [-0.05, 0) is 18.7 Å². The quantitative estimate of drug-likeness (QED) is 0.920. The second kappa shape index (κ2) is 6.11. The minimum absolute atomic E-state index is 0.391. The molecule has 0 aliphatic rings. The summed E-state index contributed by atoms with van der Waals surface area (Å²) >= 11 is 3.62. The fourth-order valence-electron chi connectivity index (χ4n) is 2.09. The zero-order chi connectivity index (χ0) is 13.0. The van der Waals surface area contributed by atoms with Crippen molar-refractivity contribution in [2.75, 3.05) is 13.6 Å². The van der Waals surface area contributed by atoms with Crippen LogP contribution < -0.4 is 5.32 Å². The summed E-state index contributed by atoms with van der Waals surface area (Å²) in [5.74, 6) is 0.391. The number of benzene rings is 1. The molecule has 96 valence electrons. The monoisotopic (exact) mass is 308 g/mol. The molecule has 1 heterocycles. The topological polar surface area (TPSA) is 42.7 Å². The molecule has 0 aliphatic heterocycles. The summed E-state index contributed by atoms with van der Waals surface area (Å²) in [4.78, 5) is 0. The van der Waals surface area contributed by atoms with Gasteiger partial charge in [-0.1, -0.05) is 39.3 Å². The van der Waals surface area contributed by atoms with Crippen LogP contribution in [0.1, 0.15) is 17.2 Å². The molecule has 4 nitrogen and oxygen atoms in total. The van der Waals surface area contributed by atoms with Crippen molar-refractivity contribution in [2.24, 2.45) is 7.05 Å². The second-order valence-corrected chi connectivity index (χ2v) is 5.22. The highest BCUT2D eigenvalue weighted by Gasteiger charge is 2.15. The van der Waals surface area contributed by atoms with E-state index in [-0.39, 0.29) is 0 Å². The number of hydrogen-bond acceptors (Lipinski definition) is 3. The summed E-state index contributed by atoms with van der Waals surface area (Å²) in [6.07, 6.45) is 2.86. The minimum Gasteiger partial charge on any atom is -0.319 e. The highest BCUT2D eigenvalue weighted by Crippen LogP contribution is 2.26. The predicted octanol–water partition coefficient (Wildman–Crippen LogP) is 2.12. The van der Waals surface area contributed by atoms with Gasteiger partial charge in [-0.25, -0.2) is 0 Å². The van der Waals surface area contributed by atoms with E-state index in [0.717, 1.165) is 23.1 Å². The molecular weight excluding hydrogens is 292 g/mol. The Morgan fingerprint density at radius 2 is 2.17 bits per heavy atom. The van der Waals surface area contributed by atoms with E-state index < -0.39 is 0 Å². The van der Waals surface area contributed by atoms with Crippen molar-refractivity contribution < 1.29 is 0 Å². The SMILES string of the molecule is CNCC(Cc1cn(C)nn1)c1ccccc1Br. The van der Waals surface area contributed by atoms with Crippen LogP contribution in [0.3, 0.4) is 0 Å². The lowest BCUT2D eigenvalue weighted by Crippen LogP contribution is -2.19. The molecule has 0 radical (unpaired) electrons. The van der Waals surface area contributed by atoms with Crippen molar-refractivity contribution >= 4 is 15.9 Å². The molecule has 18 heavy (non-hydrogen) atoms. The molecule has 0 saturated heterocycles. The lowest BCUT2D eigenvalue weighted by molar-refractivity contribution is 0.615. The first kappa shape index (κ1) is 13.2. The minimum atomic E-state index is 0.391. The third-order valence-corrected chi connectivity index (χ3v) is 3.62. The van der Waals surface area contributed by atoms with Gasteiger partial charge in [0.25, 0.3) is 0 Å². The fraction of sp³-hybridized carbons (Fsp3) is 0.385. The molecule has 0 amide bonds. The molecule has 1 aromatic carbocycles. The van der Waals surface area contributed by atoms with Crippen molar-refractivity contribution in [1.82, 2.24) is 20.3 Å². The second-order valence-electron chi connectivity index (χ2n) is 4.36. The Bertz CT molecular complexity index is 509.